The number of hydrogen-bond acceptors (Lipinski definition) is 1. The van der Waals surface area contributed by atoms with Crippen molar-refractivity contribution in [3.05, 3.63) is 78.5 Å². The molecule has 0 unspecified atom stereocenters. The lowest BCUT2D eigenvalue weighted by atomic mass is 9.79. The summed E-state index contributed by atoms with van der Waals surface area (Å²) in [6.07, 6.45) is 7.39. The van der Waals surface area contributed by atoms with Gasteiger partial charge in [-0.25, -0.2) is 0 Å². The highest BCUT2D eigenvalue weighted by Crippen LogP contribution is 2.36. The Hall–Kier alpha value is -2.41. The predicted molar refractivity (Wildman–Crippen MR) is 105 cm³/mol. The third-order valence-electron chi connectivity index (χ3n) is 5.54. The normalized spacial score (nSPS) is 20.4. The fourth-order valence-electron chi connectivity index (χ4n) is 3.91. The summed E-state index contributed by atoms with van der Waals surface area (Å²) in [5, 5.41) is 0. The molecule has 1 aromatic heterocycles. The average Bonchev–Trinajstić information content (AvgIpc) is 2.69. The second-order valence-corrected chi connectivity index (χ2v) is 7.38. The zero-order valence-corrected chi connectivity index (χ0v) is 14.9. The van der Waals surface area contributed by atoms with E-state index in [4.69, 9.17) is 0 Å². The minimum Gasteiger partial charge on any atom is -0.256 e. The molecule has 1 fully saturated rings. The van der Waals surface area contributed by atoms with Crippen molar-refractivity contribution >= 4 is 0 Å². The Morgan fingerprint density at radius 3 is 2.20 bits per heavy atom. The molecule has 0 bridgehead atoms. The standard InChI is InChI=1S/C24H25N/c1-18-10-12-19(13-11-18)21-8-5-9-22(16-21)23-14-15-24(25-17-23)20-6-3-2-4-7-20/h2-9,14-19H,10-13H2,1H3. The van der Waals surface area contributed by atoms with E-state index in [-0.39, 0.29) is 0 Å². The molecule has 0 spiro atoms. The first kappa shape index (κ1) is 16.1. The molecule has 0 N–H and O–H groups in total. The summed E-state index contributed by atoms with van der Waals surface area (Å²) in [6, 6.07) is 23.8. The molecule has 1 aliphatic carbocycles. The van der Waals surface area contributed by atoms with Gasteiger partial charge in [0.05, 0.1) is 5.69 Å². The molecule has 126 valence electrons. The predicted octanol–water partition coefficient (Wildman–Crippen LogP) is 6.71. The van der Waals surface area contributed by atoms with Crippen LogP contribution in [-0.4, -0.2) is 4.98 Å². The Morgan fingerprint density at radius 2 is 1.48 bits per heavy atom. The fraction of sp³-hybridized carbons (Fsp3) is 0.292. The molecule has 4 rings (SSSR count). The number of nitrogens with zero attached hydrogens (tertiary/aromatic N) is 1. The van der Waals surface area contributed by atoms with Crippen molar-refractivity contribution in [3.8, 4) is 22.4 Å². The third-order valence-corrected chi connectivity index (χ3v) is 5.54. The monoisotopic (exact) mass is 327 g/mol. The molecule has 0 saturated heterocycles. The molecule has 1 saturated carbocycles. The minimum atomic E-state index is 0.729. The summed E-state index contributed by atoms with van der Waals surface area (Å²) in [6.45, 7) is 2.38. The summed E-state index contributed by atoms with van der Waals surface area (Å²) in [7, 11) is 0. The molecule has 0 amide bonds. The number of pyridine rings is 1. The SMILES string of the molecule is CC1CCC(c2cccc(-c3ccc(-c4ccccc4)nc3)c2)CC1. The van der Waals surface area contributed by atoms with Gasteiger partial charge in [0.25, 0.3) is 0 Å². The van der Waals surface area contributed by atoms with Crippen LogP contribution in [0.1, 0.15) is 44.1 Å². The van der Waals surface area contributed by atoms with Gasteiger partial charge in [-0.3, -0.25) is 4.98 Å². The number of rotatable bonds is 3. The Balaban J connectivity index is 1.57. The lowest BCUT2D eigenvalue weighted by molar-refractivity contribution is 0.348. The van der Waals surface area contributed by atoms with Crippen LogP contribution in [0.3, 0.4) is 0 Å². The number of aromatic nitrogens is 1. The Kier molecular flexibility index (Phi) is 4.65. The highest BCUT2D eigenvalue weighted by atomic mass is 14.7. The maximum absolute atomic E-state index is 4.68. The van der Waals surface area contributed by atoms with Crippen LogP contribution >= 0.6 is 0 Å². The van der Waals surface area contributed by atoms with Crippen molar-refractivity contribution in [1.82, 2.24) is 4.98 Å². The second-order valence-electron chi connectivity index (χ2n) is 7.38. The Bertz CT molecular complexity index is 812. The molecule has 0 aliphatic heterocycles. The van der Waals surface area contributed by atoms with E-state index in [0.29, 0.717) is 0 Å². The van der Waals surface area contributed by atoms with Crippen molar-refractivity contribution in [2.75, 3.05) is 0 Å². The van der Waals surface area contributed by atoms with Crippen molar-refractivity contribution in [2.24, 2.45) is 5.92 Å². The van der Waals surface area contributed by atoms with E-state index in [1.165, 1.54) is 47.9 Å². The summed E-state index contributed by atoms with van der Waals surface area (Å²) < 4.78 is 0. The van der Waals surface area contributed by atoms with Crippen LogP contribution in [0.25, 0.3) is 22.4 Å². The molecule has 0 radical (unpaired) electrons. The number of benzene rings is 2. The molecule has 0 atom stereocenters. The largest absolute Gasteiger partial charge is 0.256 e. The van der Waals surface area contributed by atoms with Gasteiger partial charge in [0.1, 0.15) is 0 Å². The van der Waals surface area contributed by atoms with Gasteiger partial charge < -0.3 is 0 Å². The van der Waals surface area contributed by atoms with E-state index in [1.54, 1.807) is 0 Å². The molecule has 1 aliphatic rings. The van der Waals surface area contributed by atoms with E-state index in [0.717, 1.165) is 17.5 Å². The van der Waals surface area contributed by atoms with E-state index < -0.39 is 0 Å². The van der Waals surface area contributed by atoms with Gasteiger partial charge in [-0.1, -0.05) is 80.4 Å². The van der Waals surface area contributed by atoms with Gasteiger partial charge in [0.15, 0.2) is 0 Å². The van der Waals surface area contributed by atoms with Crippen molar-refractivity contribution in [1.29, 1.82) is 0 Å². The molecule has 25 heavy (non-hydrogen) atoms. The summed E-state index contributed by atoms with van der Waals surface area (Å²) in [5.41, 5.74) is 6.17. The molecular weight excluding hydrogens is 302 g/mol. The van der Waals surface area contributed by atoms with E-state index in [1.807, 2.05) is 12.3 Å². The molecule has 2 aromatic carbocycles. The smallest absolute Gasteiger partial charge is 0.0702 e. The van der Waals surface area contributed by atoms with Gasteiger partial charge in [-0.2, -0.15) is 0 Å². The van der Waals surface area contributed by atoms with Gasteiger partial charge >= 0.3 is 0 Å². The highest BCUT2D eigenvalue weighted by molar-refractivity contribution is 5.67. The van der Waals surface area contributed by atoms with Crippen LogP contribution < -0.4 is 0 Å². The van der Waals surface area contributed by atoms with Crippen LogP contribution in [0.15, 0.2) is 72.9 Å². The molecule has 1 nitrogen and oxygen atoms in total. The van der Waals surface area contributed by atoms with Crippen molar-refractivity contribution in [2.45, 2.75) is 38.5 Å². The molecular formula is C24H25N. The summed E-state index contributed by atoms with van der Waals surface area (Å²) in [4.78, 5) is 4.68. The Morgan fingerprint density at radius 1 is 0.720 bits per heavy atom. The first-order valence-electron chi connectivity index (χ1n) is 9.41. The van der Waals surface area contributed by atoms with Crippen LogP contribution in [-0.2, 0) is 0 Å². The van der Waals surface area contributed by atoms with Crippen molar-refractivity contribution in [3.63, 3.8) is 0 Å². The quantitative estimate of drug-likeness (QED) is 0.521. The first-order valence-corrected chi connectivity index (χ1v) is 9.41. The van der Waals surface area contributed by atoms with Crippen LogP contribution in [0.2, 0.25) is 0 Å². The average molecular weight is 327 g/mol. The van der Waals surface area contributed by atoms with E-state index in [2.05, 4.69) is 72.6 Å². The van der Waals surface area contributed by atoms with E-state index >= 15 is 0 Å². The van der Waals surface area contributed by atoms with Gasteiger partial charge in [0, 0.05) is 17.3 Å². The maximum Gasteiger partial charge on any atom is 0.0702 e. The third kappa shape index (κ3) is 3.66. The highest BCUT2D eigenvalue weighted by Gasteiger charge is 2.19. The van der Waals surface area contributed by atoms with Crippen LogP contribution in [0, 0.1) is 5.92 Å². The zero-order valence-electron chi connectivity index (χ0n) is 14.9. The molecule has 1 heteroatoms. The zero-order chi connectivity index (χ0) is 17.1. The summed E-state index contributed by atoms with van der Waals surface area (Å²) in [5.74, 6) is 1.63. The minimum absolute atomic E-state index is 0.729. The fourth-order valence-corrected chi connectivity index (χ4v) is 3.91. The van der Waals surface area contributed by atoms with Crippen LogP contribution in [0.4, 0.5) is 0 Å². The van der Waals surface area contributed by atoms with Crippen molar-refractivity contribution < 1.29 is 0 Å². The van der Waals surface area contributed by atoms with Gasteiger partial charge in [-0.15, -0.1) is 0 Å². The van der Waals surface area contributed by atoms with Crippen LogP contribution in [0.5, 0.6) is 0 Å². The summed E-state index contributed by atoms with van der Waals surface area (Å²) >= 11 is 0. The lowest BCUT2D eigenvalue weighted by Gasteiger charge is -2.26. The maximum atomic E-state index is 4.68. The second kappa shape index (κ2) is 7.23. The molecule has 3 aromatic rings. The first-order chi connectivity index (χ1) is 12.3. The topological polar surface area (TPSA) is 12.9 Å². The lowest BCUT2D eigenvalue weighted by Crippen LogP contribution is -2.10. The van der Waals surface area contributed by atoms with Gasteiger partial charge in [-0.05, 0) is 41.9 Å². The van der Waals surface area contributed by atoms with Gasteiger partial charge in [0.2, 0.25) is 0 Å². The number of hydrogen-bond donors (Lipinski definition) is 0. The Labute approximate surface area is 150 Å². The molecule has 1 heterocycles. The van der Waals surface area contributed by atoms with E-state index in [9.17, 15) is 0 Å².